The van der Waals surface area contributed by atoms with E-state index in [4.69, 9.17) is 4.42 Å². The van der Waals surface area contributed by atoms with Crippen LogP contribution in [0.5, 0.6) is 0 Å². The molecule has 0 aliphatic carbocycles. The Bertz CT molecular complexity index is 896. The van der Waals surface area contributed by atoms with E-state index in [0.29, 0.717) is 11.3 Å². The van der Waals surface area contributed by atoms with E-state index in [0.717, 1.165) is 5.56 Å². The van der Waals surface area contributed by atoms with E-state index in [1.54, 1.807) is 6.07 Å². The van der Waals surface area contributed by atoms with Gasteiger partial charge in [0.15, 0.2) is 0 Å². The number of hydrogen-bond donors (Lipinski definition) is 1. The zero-order chi connectivity index (χ0) is 18.0. The first kappa shape index (κ1) is 16.8. The van der Waals surface area contributed by atoms with Crippen LogP contribution in [0.3, 0.4) is 0 Å². The summed E-state index contributed by atoms with van der Waals surface area (Å²) >= 11 is 0. The van der Waals surface area contributed by atoms with E-state index in [2.05, 4.69) is 36.3 Å². The van der Waals surface area contributed by atoms with Gasteiger partial charge in [0.05, 0.1) is 0 Å². The van der Waals surface area contributed by atoms with Gasteiger partial charge < -0.3 is 9.73 Å². The number of hydrogen-bond acceptors (Lipinski definition) is 4. The number of nitrogens with zero attached hydrogens (tertiary/aromatic N) is 2. The third kappa shape index (κ3) is 3.91. The van der Waals surface area contributed by atoms with E-state index >= 15 is 0 Å². The lowest BCUT2D eigenvalue weighted by molar-refractivity contribution is 0.0991. The van der Waals surface area contributed by atoms with Crippen molar-refractivity contribution < 1.29 is 13.6 Å². The second-order valence-electron chi connectivity index (χ2n) is 6.70. The molecule has 1 aromatic heterocycles. The molecule has 0 saturated carbocycles. The van der Waals surface area contributed by atoms with E-state index < -0.39 is 11.7 Å². The van der Waals surface area contributed by atoms with Gasteiger partial charge in [-0.3, -0.25) is 4.79 Å². The molecule has 3 aromatic rings. The van der Waals surface area contributed by atoms with Crippen LogP contribution in [-0.4, -0.2) is 16.1 Å². The van der Waals surface area contributed by atoms with Gasteiger partial charge in [0.2, 0.25) is 5.89 Å². The number of rotatable bonds is 3. The maximum Gasteiger partial charge on any atom is 0.313 e. The highest BCUT2D eigenvalue weighted by Gasteiger charge is 2.17. The molecule has 128 valence electrons. The number of carbonyl (C=O) groups excluding carboxylic acids is 1. The van der Waals surface area contributed by atoms with Gasteiger partial charge in [-0.05, 0) is 41.3 Å². The average molecular weight is 339 g/mol. The number of nitrogens with one attached hydrogen (secondary N) is 1. The predicted molar refractivity (Wildman–Crippen MR) is 92.8 cm³/mol. The maximum atomic E-state index is 13.3. The van der Waals surface area contributed by atoms with Gasteiger partial charge in [-0.1, -0.05) is 39.0 Å². The Morgan fingerprint density at radius 1 is 1.08 bits per heavy atom. The first-order valence-corrected chi connectivity index (χ1v) is 7.84. The van der Waals surface area contributed by atoms with Crippen LogP contribution in [0, 0.1) is 5.82 Å². The lowest BCUT2D eigenvalue weighted by Crippen LogP contribution is -2.14. The molecule has 0 fully saturated rings. The molecule has 0 unspecified atom stereocenters. The van der Waals surface area contributed by atoms with Gasteiger partial charge in [-0.15, -0.1) is 10.2 Å². The Kier molecular flexibility index (Phi) is 4.35. The van der Waals surface area contributed by atoms with Gasteiger partial charge in [-0.25, -0.2) is 4.39 Å². The highest BCUT2D eigenvalue weighted by atomic mass is 19.1. The first-order valence-electron chi connectivity index (χ1n) is 7.84. The molecular formula is C19H18FN3O2. The number of halogens is 1. The quantitative estimate of drug-likeness (QED) is 0.767. The molecule has 0 bridgehead atoms. The third-order valence-electron chi connectivity index (χ3n) is 3.70. The summed E-state index contributed by atoms with van der Waals surface area (Å²) in [5, 5.41) is 10.2. The molecule has 5 nitrogen and oxygen atoms in total. The second kappa shape index (κ2) is 6.47. The molecule has 3 rings (SSSR count). The minimum Gasteiger partial charge on any atom is -0.412 e. The Morgan fingerprint density at radius 3 is 2.44 bits per heavy atom. The Hall–Kier alpha value is -3.02. The van der Waals surface area contributed by atoms with E-state index in [-0.39, 0.29) is 17.2 Å². The van der Waals surface area contributed by atoms with Gasteiger partial charge in [0.25, 0.3) is 0 Å². The van der Waals surface area contributed by atoms with Crippen LogP contribution < -0.4 is 5.32 Å². The topological polar surface area (TPSA) is 68.0 Å². The fraction of sp³-hybridized carbons (Fsp3) is 0.211. The van der Waals surface area contributed by atoms with Crippen LogP contribution in [0.1, 0.15) is 37.0 Å². The van der Waals surface area contributed by atoms with Crippen LogP contribution in [-0.2, 0) is 5.41 Å². The molecule has 1 heterocycles. The maximum absolute atomic E-state index is 13.3. The minimum absolute atomic E-state index is 0.0366. The normalized spacial score (nSPS) is 11.4. The lowest BCUT2D eigenvalue weighted by atomic mass is 9.87. The summed E-state index contributed by atoms with van der Waals surface area (Å²) in [7, 11) is 0. The number of anilines is 1. The van der Waals surface area contributed by atoms with Crippen molar-refractivity contribution in [2.75, 3.05) is 5.32 Å². The SMILES string of the molecule is CC(C)(C)c1ccc(NC(=O)c2nnc(-c3cccc(F)c3)o2)cc1. The van der Waals surface area contributed by atoms with E-state index in [1.165, 1.54) is 18.2 Å². The molecule has 0 aliphatic rings. The standard InChI is InChI=1S/C19H18FN3O2/c1-19(2,3)13-7-9-15(10-8-13)21-16(24)18-23-22-17(25-18)12-5-4-6-14(20)11-12/h4-11H,1-3H3,(H,21,24). The molecule has 0 spiro atoms. The van der Waals surface area contributed by atoms with Crippen molar-refractivity contribution in [2.24, 2.45) is 0 Å². The zero-order valence-corrected chi connectivity index (χ0v) is 14.2. The monoisotopic (exact) mass is 339 g/mol. The highest BCUT2D eigenvalue weighted by molar-refractivity contribution is 6.00. The molecule has 0 aliphatic heterocycles. The summed E-state index contributed by atoms with van der Waals surface area (Å²) in [5.74, 6) is -1.02. The summed E-state index contributed by atoms with van der Waals surface area (Å²) < 4.78 is 18.6. The Labute approximate surface area is 144 Å². The van der Waals surface area contributed by atoms with Crippen molar-refractivity contribution in [2.45, 2.75) is 26.2 Å². The van der Waals surface area contributed by atoms with Gasteiger partial charge in [0.1, 0.15) is 5.82 Å². The molecule has 0 saturated heterocycles. The summed E-state index contributed by atoms with van der Waals surface area (Å²) in [4.78, 5) is 12.2. The zero-order valence-electron chi connectivity index (χ0n) is 14.2. The molecule has 1 amide bonds. The second-order valence-corrected chi connectivity index (χ2v) is 6.70. The smallest absolute Gasteiger partial charge is 0.313 e. The summed E-state index contributed by atoms with van der Waals surface area (Å²) in [5.41, 5.74) is 2.25. The number of aromatic nitrogens is 2. The molecule has 0 radical (unpaired) electrons. The van der Waals surface area contributed by atoms with Crippen molar-refractivity contribution in [1.29, 1.82) is 0 Å². The van der Waals surface area contributed by atoms with Gasteiger partial charge in [0, 0.05) is 11.3 Å². The van der Waals surface area contributed by atoms with Gasteiger partial charge in [-0.2, -0.15) is 0 Å². The number of benzene rings is 2. The van der Waals surface area contributed by atoms with Crippen LogP contribution in [0.15, 0.2) is 52.9 Å². The van der Waals surface area contributed by atoms with Crippen molar-refractivity contribution in [1.82, 2.24) is 10.2 Å². The molecule has 2 aromatic carbocycles. The molecular weight excluding hydrogens is 321 g/mol. The van der Waals surface area contributed by atoms with Gasteiger partial charge >= 0.3 is 11.8 Å². The fourth-order valence-electron chi connectivity index (χ4n) is 2.29. The molecule has 0 atom stereocenters. The predicted octanol–water partition coefficient (Wildman–Crippen LogP) is 4.43. The van der Waals surface area contributed by atoms with Crippen LogP contribution >= 0.6 is 0 Å². The average Bonchev–Trinajstić information content (AvgIpc) is 3.05. The van der Waals surface area contributed by atoms with E-state index in [9.17, 15) is 9.18 Å². The van der Waals surface area contributed by atoms with Crippen molar-refractivity contribution in [3.8, 4) is 11.5 Å². The number of amides is 1. The largest absolute Gasteiger partial charge is 0.412 e. The summed E-state index contributed by atoms with van der Waals surface area (Å²) in [6.07, 6.45) is 0. The Balaban J connectivity index is 1.74. The molecule has 6 heteroatoms. The third-order valence-corrected chi connectivity index (χ3v) is 3.70. The van der Waals surface area contributed by atoms with E-state index in [1.807, 2.05) is 24.3 Å². The molecule has 25 heavy (non-hydrogen) atoms. The minimum atomic E-state index is -0.515. The van der Waals surface area contributed by atoms with Crippen LogP contribution in [0.25, 0.3) is 11.5 Å². The van der Waals surface area contributed by atoms with Crippen LogP contribution in [0.4, 0.5) is 10.1 Å². The van der Waals surface area contributed by atoms with Crippen molar-refractivity contribution in [3.05, 3.63) is 65.8 Å². The Morgan fingerprint density at radius 2 is 1.80 bits per heavy atom. The summed E-state index contributed by atoms with van der Waals surface area (Å²) in [6.45, 7) is 6.35. The summed E-state index contributed by atoms with van der Waals surface area (Å²) in [6, 6.07) is 13.3. The van der Waals surface area contributed by atoms with Crippen molar-refractivity contribution >= 4 is 11.6 Å². The lowest BCUT2D eigenvalue weighted by Gasteiger charge is -2.19. The van der Waals surface area contributed by atoms with Crippen LogP contribution in [0.2, 0.25) is 0 Å². The molecule has 1 N–H and O–H groups in total. The van der Waals surface area contributed by atoms with Crippen molar-refractivity contribution in [3.63, 3.8) is 0 Å². The fourth-order valence-corrected chi connectivity index (χ4v) is 2.29. The highest BCUT2D eigenvalue weighted by Crippen LogP contribution is 2.24. The number of carbonyl (C=O) groups is 1. The first-order chi connectivity index (χ1) is 11.8.